The second-order valence-electron chi connectivity index (χ2n) is 12.6. The molecule has 0 saturated carbocycles. The van der Waals surface area contributed by atoms with Gasteiger partial charge in [0.05, 0.1) is 34.8 Å². The number of imide groups is 1. The van der Waals surface area contributed by atoms with E-state index in [1.54, 1.807) is 0 Å². The molecule has 2 aromatic rings. The Balaban J connectivity index is 1.47. The van der Waals surface area contributed by atoms with Gasteiger partial charge in [0.15, 0.2) is 0 Å². The van der Waals surface area contributed by atoms with Crippen molar-refractivity contribution >= 4 is 30.7 Å². The minimum absolute atomic E-state index is 0.0394. The molecule has 3 aliphatic rings. The third kappa shape index (κ3) is 6.74. The largest absolute Gasteiger partial charge is 0.507 e. The van der Waals surface area contributed by atoms with Gasteiger partial charge in [0, 0.05) is 0 Å². The Morgan fingerprint density at radius 1 is 0.957 bits per heavy atom. The van der Waals surface area contributed by atoms with Crippen LogP contribution >= 0.6 is 0 Å². The van der Waals surface area contributed by atoms with Crippen molar-refractivity contribution in [3.8, 4) is 5.75 Å². The number of carbonyl (C=O) groups is 2. The van der Waals surface area contributed by atoms with Gasteiger partial charge >= 0.3 is 19.5 Å². The van der Waals surface area contributed by atoms with Crippen molar-refractivity contribution in [3.05, 3.63) is 74.9 Å². The number of anilines is 1. The fourth-order valence-electron chi connectivity index (χ4n) is 7.40. The maximum absolute atomic E-state index is 13.9. The van der Waals surface area contributed by atoms with Crippen LogP contribution in [0.15, 0.2) is 47.1 Å². The van der Waals surface area contributed by atoms with Gasteiger partial charge in [-0.1, -0.05) is 31.1 Å². The van der Waals surface area contributed by atoms with Crippen LogP contribution in [0.1, 0.15) is 73.8 Å². The molecule has 2 aliphatic heterocycles. The molecule has 0 unspecified atom stereocenters. The van der Waals surface area contributed by atoms with Crippen molar-refractivity contribution in [2.45, 2.75) is 84.6 Å². The molecule has 4 atom stereocenters. The molecule has 2 N–H and O–H groups in total. The average Bonchev–Trinajstić information content (AvgIpc) is 3.25. The van der Waals surface area contributed by atoms with Crippen LogP contribution in [0.3, 0.4) is 0 Å². The lowest BCUT2D eigenvalue weighted by molar-refractivity contribution is -0.143. The van der Waals surface area contributed by atoms with Crippen molar-refractivity contribution in [2.75, 3.05) is 4.90 Å². The number of benzene rings is 2. The van der Waals surface area contributed by atoms with E-state index < -0.39 is 72.0 Å². The zero-order valence-electron chi connectivity index (χ0n) is 26.4. The summed E-state index contributed by atoms with van der Waals surface area (Å²) in [6.07, 6.45) is -6.61. The van der Waals surface area contributed by atoms with Gasteiger partial charge < -0.3 is 14.8 Å². The van der Waals surface area contributed by atoms with E-state index in [-0.39, 0.29) is 24.6 Å². The molecule has 0 aromatic heterocycles. The molecule has 2 saturated heterocycles. The number of fused-ring (bicyclic) bond motifs is 3. The van der Waals surface area contributed by atoms with E-state index >= 15 is 0 Å². The Bertz CT molecular complexity index is 1590. The van der Waals surface area contributed by atoms with Crippen LogP contribution in [-0.2, 0) is 26.6 Å². The van der Waals surface area contributed by atoms with E-state index in [4.69, 9.17) is 4.65 Å². The molecular weight excluding hydrogens is 627 g/mol. The number of hydrogen-bond donors (Lipinski definition) is 2. The Morgan fingerprint density at radius 3 is 2.09 bits per heavy atom. The van der Waals surface area contributed by atoms with Gasteiger partial charge in [-0.2, -0.15) is 26.3 Å². The number of halogens is 6. The molecule has 2 heterocycles. The monoisotopic (exact) mass is 663 g/mol. The molecule has 252 valence electrons. The lowest BCUT2D eigenvalue weighted by Crippen LogP contribution is -2.46. The van der Waals surface area contributed by atoms with E-state index in [1.165, 1.54) is 0 Å². The SMILES string of the molecule is CCC1=C2[C@@H](CC/C(=C/c3cc(C)c(O)c(C)c3)CC)OB(O)C[C@@H]2[C@@H]2C(=O)N(c3cc(C(F)(F)F)cc(C(F)(F)F)c3)C(=O)[C@@H]2C1. The normalized spacial score (nSPS) is 23.9. The number of amides is 2. The summed E-state index contributed by atoms with van der Waals surface area (Å²) in [5.41, 5.74) is 1.07. The topological polar surface area (TPSA) is 87.1 Å². The Hall–Kier alpha value is -3.58. The summed E-state index contributed by atoms with van der Waals surface area (Å²) < 4.78 is 87.8. The van der Waals surface area contributed by atoms with Gasteiger partial charge in [-0.3, -0.25) is 9.59 Å². The zero-order valence-corrected chi connectivity index (χ0v) is 26.4. The Labute approximate surface area is 269 Å². The summed E-state index contributed by atoms with van der Waals surface area (Å²) in [6, 6.07) is 4.51. The number of alkyl halides is 6. The van der Waals surface area contributed by atoms with E-state index in [1.807, 2.05) is 45.9 Å². The molecule has 0 radical (unpaired) electrons. The second-order valence-corrected chi connectivity index (χ2v) is 12.6. The summed E-state index contributed by atoms with van der Waals surface area (Å²) in [4.78, 5) is 28.0. The minimum Gasteiger partial charge on any atom is -0.507 e. The number of phenolic OH excluding ortho intramolecular Hbond substituents is 1. The highest BCUT2D eigenvalue weighted by molar-refractivity contribution is 6.43. The van der Waals surface area contributed by atoms with E-state index in [2.05, 4.69) is 0 Å². The van der Waals surface area contributed by atoms with Crippen LogP contribution in [0.5, 0.6) is 5.75 Å². The summed E-state index contributed by atoms with van der Waals surface area (Å²) in [5.74, 6) is -4.24. The Kier molecular flexibility index (Phi) is 9.46. The van der Waals surface area contributed by atoms with Crippen LogP contribution in [0, 0.1) is 31.6 Å². The average molecular weight is 663 g/mol. The maximum Gasteiger partial charge on any atom is 0.455 e. The van der Waals surface area contributed by atoms with Gasteiger partial charge in [0.1, 0.15) is 5.75 Å². The van der Waals surface area contributed by atoms with Gasteiger partial charge in [-0.25, -0.2) is 4.90 Å². The zero-order chi connectivity index (χ0) is 34.6. The fraction of sp³-hybridized carbons (Fsp3) is 0.471. The van der Waals surface area contributed by atoms with Crippen LogP contribution in [0.2, 0.25) is 6.32 Å². The molecule has 47 heavy (non-hydrogen) atoms. The molecule has 2 amide bonds. The predicted octanol–water partition coefficient (Wildman–Crippen LogP) is 8.03. The molecule has 1 aliphatic carbocycles. The maximum atomic E-state index is 13.9. The first-order chi connectivity index (χ1) is 21.9. The van der Waals surface area contributed by atoms with Gasteiger partial charge in [0.25, 0.3) is 0 Å². The van der Waals surface area contributed by atoms with E-state index in [0.29, 0.717) is 42.7 Å². The van der Waals surface area contributed by atoms with Crippen molar-refractivity contribution in [2.24, 2.45) is 17.8 Å². The molecular formula is C34H36BF6NO5. The number of aromatic hydroxyl groups is 1. The number of allylic oxidation sites excluding steroid dienone is 2. The van der Waals surface area contributed by atoms with E-state index in [9.17, 15) is 46.1 Å². The highest BCUT2D eigenvalue weighted by Crippen LogP contribution is 2.52. The Morgan fingerprint density at radius 2 is 1.55 bits per heavy atom. The van der Waals surface area contributed by atoms with Crippen LogP contribution in [0.4, 0.5) is 32.0 Å². The summed E-state index contributed by atoms with van der Waals surface area (Å²) in [7, 11) is -1.29. The number of carbonyl (C=O) groups excluding carboxylic acids is 2. The van der Waals surface area contributed by atoms with Gasteiger partial charge in [-0.15, -0.1) is 0 Å². The standard InChI is InChI=1S/C34H36BF6NO5/c1-5-19(11-20-9-17(3)30(43)18(4)10-20)7-8-27-28-21(6-2)12-25-29(26(28)16-35(46)47-27)32(45)42(31(25)44)24-14-22(33(36,37)38)13-23(15-24)34(39,40)41/h9-11,13-15,25-27,29,43,46H,5-8,12,16H2,1-4H3/b19-11+/t25-,26+,27-,29-/m1/s1. The summed E-state index contributed by atoms with van der Waals surface area (Å²) in [5, 5.41) is 20.9. The van der Waals surface area contributed by atoms with Gasteiger partial charge in [-0.05, 0) is 111 Å². The number of nitrogens with zero attached hydrogens (tertiary/aromatic N) is 1. The smallest absolute Gasteiger partial charge is 0.455 e. The molecule has 2 fully saturated rings. The van der Waals surface area contributed by atoms with Crippen LogP contribution in [0.25, 0.3) is 6.08 Å². The fourth-order valence-corrected chi connectivity index (χ4v) is 7.40. The van der Waals surface area contributed by atoms with Crippen molar-refractivity contribution in [1.82, 2.24) is 0 Å². The first-order valence-electron chi connectivity index (χ1n) is 15.7. The minimum atomic E-state index is -5.15. The first kappa shape index (κ1) is 34.8. The second kappa shape index (κ2) is 12.8. The number of aryl methyl sites for hydroxylation is 2. The van der Waals surface area contributed by atoms with Crippen molar-refractivity contribution in [3.63, 3.8) is 0 Å². The molecule has 13 heteroatoms. The van der Waals surface area contributed by atoms with Crippen LogP contribution < -0.4 is 4.90 Å². The molecule has 5 rings (SSSR count). The number of phenols is 1. The molecule has 6 nitrogen and oxygen atoms in total. The molecule has 2 aromatic carbocycles. The molecule has 0 spiro atoms. The highest BCUT2D eigenvalue weighted by Gasteiger charge is 2.57. The molecule has 0 bridgehead atoms. The third-order valence-electron chi connectivity index (χ3n) is 9.63. The lowest BCUT2D eigenvalue weighted by Gasteiger charge is -2.43. The quantitative estimate of drug-likeness (QED) is 0.136. The summed E-state index contributed by atoms with van der Waals surface area (Å²) >= 11 is 0. The number of hydrogen-bond acceptors (Lipinski definition) is 5. The van der Waals surface area contributed by atoms with Gasteiger partial charge in [0.2, 0.25) is 11.8 Å². The van der Waals surface area contributed by atoms with Crippen molar-refractivity contribution < 1.29 is 50.7 Å². The highest BCUT2D eigenvalue weighted by atomic mass is 19.4. The third-order valence-corrected chi connectivity index (χ3v) is 9.63. The lowest BCUT2D eigenvalue weighted by atomic mass is 9.58. The number of rotatable bonds is 7. The predicted molar refractivity (Wildman–Crippen MR) is 164 cm³/mol. The van der Waals surface area contributed by atoms with Crippen molar-refractivity contribution in [1.29, 1.82) is 0 Å². The van der Waals surface area contributed by atoms with Crippen LogP contribution in [-0.4, -0.2) is 35.2 Å². The van der Waals surface area contributed by atoms with E-state index in [0.717, 1.165) is 33.4 Å². The first-order valence-corrected chi connectivity index (χ1v) is 15.7. The summed E-state index contributed by atoms with van der Waals surface area (Å²) in [6.45, 7) is 7.51.